The second kappa shape index (κ2) is 4.90. The predicted molar refractivity (Wildman–Crippen MR) is 58.8 cm³/mol. The van der Waals surface area contributed by atoms with Crippen molar-refractivity contribution in [2.24, 2.45) is 0 Å². The average Bonchev–Trinajstić information content (AvgIpc) is 2.16. The molecule has 2 N–H and O–H groups in total. The van der Waals surface area contributed by atoms with Gasteiger partial charge >= 0.3 is 0 Å². The molecule has 1 rings (SSSR count). The molecule has 0 aliphatic rings. The van der Waals surface area contributed by atoms with E-state index in [1.807, 2.05) is 12.1 Å². The first-order valence-electron chi connectivity index (χ1n) is 5.14. The van der Waals surface area contributed by atoms with Crippen molar-refractivity contribution < 1.29 is 0 Å². The Hall–Kier alpha value is -0.980. The third-order valence-electron chi connectivity index (χ3n) is 2.57. The number of nitrogen functional groups attached to an aromatic ring is 1. The molecule has 1 nitrogen and oxygen atoms in total. The van der Waals surface area contributed by atoms with Crippen molar-refractivity contribution in [3.63, 3.8) is 0 Å². The van der Waals surface area contributed by atoms with Crippen LogP contribution in [0, 0.1) is 0 Å². The summed E-state index contributed by atoms with van der Waals surface area (Å²) in [6.45, 7) is 4.45. The van der Waals surface area contributed by atoms with Gasteiger partial charge in [0.25, 0.3) is 0 Å². The molecule has 0 aliphatic carbocycles. The average molecular weight is 177 g/mol. The van der Waals surface area contributed by atoms with Gasteiger partial charge < -0.3 is 5.73 Å². The molecule has 1 heteroatoms. The normalized spacial score (nSPS) is 12.8. The molecule has 13 heavy (non-hydrogen) atoms. The van der Waals surface area contributed by atoms with E-state index < -0.39 is 0 Å². The molecule has 1 aromatic rings. The molecular weight excluding hydrogens is 158 g/mol. The van der Waals surface area contributed by atoms with Crippen molar-refractivity contribution in [1.29, 1.82) is 0 Å². The largest absolute Gasteiger partial charge is 0.398 e. The Morgan fingerprint density at radius 3 is 2.46 bits per heavy atom. The van der Waals surface area contributed by atoms with Gasteiger partial charge in [-0.3, -0.25) is 0 Å². The third kappa shape index (κ3) is 2.48. The minimum absolute atomic E-state index is 0.645. The summed E-state index contributed by atoms with van der Waals surface area (Å²) in [6, 6.07) is 8.22. The van der Waals surface area contributed by atoms with E-state index in [4.69, 9.17) is 5.73 Å². The smallest absolute Gasteiger partial charge is 0.0349 e. The van der Waals surface area contributed by atoms with Crippen LogP contribution in [0.4, 0.5) is 5.69 Å². The van der Waals surface area contributed by atoms with Crippen LogP contribution in [0.1, 0.15) is 44.6 Å². The Balaban J connectivity index is 2.84. The molecular formula is C12H19N. The summed E-state index contributed by atoms with van der Waals surface area (Å²) in [5, 5.41) is 0. The van der Waals surface area contributed by atoms with Gasteiger partial charge in [-0.05, 0) is 30.4 Å². The number of rotatable bonds is 4. The molecule has 0 aromatic heterocycles. The summed E-state index contributed by atoms with van der Waals surface area (Å²) in [5.41, 5.74) is 8.20. The topological polar surface area (TPSA) is 26.0 Å². The highest BCUT2D eigenvalue weighted by Gasteiger charge is 2.09. The molecule has 0 saturated carbocycles. The van der Waals surface area contributed by atoms with E-state index in [1.165, 1.54) is 24.8 Å². The lowest BCUT2D eigenvalue weighted by Crippen LogP contribution is -2.01. The van der Waals surface area contributed by atoms with E-state index in [0.717, 1.165) is 5.69 Å². The van der Waals surface area contributed by atoms with Crippen molar-refractivity contribution in [3.05, 3.63) is 29.8 Å². The molecule has 1 unspecified atom stereocenters. The standard InChI is InChI=1S/C12H19N/c1-3-7-10(4-2)11-8-5-6-9-12(11)13/h5-6,8-10H,3-4,7,13H2,1-2H3. The number of benzene rings is 1. The summed E-state index contributed by atoms with van der Waals surface area (Å²) in [6.07, 6.45) is 3.65. The molecule has 0 aliphatic heterocycles. The van der Waals surface area contributed by atoms with Crippen molar-refractivity contribution in [2.45, 2.75) is 39.0 Å². The molecule has 0 saturated heterocycles. The maximum Gasteiger partial charge on any atom is 0.0349 e. The molecule has 72 valence electrons. The summed E-state index contributed by atoms with van der Waals surface area (Å²) < 4.78 is 0. The number of para-hydroxylation sites is 1. The number of hydrogen-bond acceptors (Lipinski definition) is 1. The molecule has 0 amide bonds. The zero-order valence-corrected chi connectivity index (χ0v) is 8.59. The number of hydrogen-bond donors (Lipinski definition) is 1. The van der Waals surface area contributed by atoms with Gasteiger partial charge in [-0.25, -0.2) is 0 Å². The van der Waals surface area contributed by atoms with Crippen LogP contribution >= 0.6 is 0 Å². The Morgan fingerprint density at radius 1 is 1.23 bits per heavy atom. The van der Waals surface area contributed by atoms with Crippen LogP contribution in [0.15, 0.2) is 24.3 Å². The highest BCUT2D eigenvalue weighted by atomic mass is 14.6. The first kappa shape index (κ1) is 10.1. The van der Waals surface area contributed by atoms with E-state index in [2.05, 4.69) is 26.0 Å². The minimum atomic E-state index is 0.645. The Kier molecular flexibility index (Phi) is 3.81. The molecule has 0 spiro atoms. The Labute approximate surface area is 81.0 Å². The zero-order valence-electron chi connectivity index (χ0n) is 8.59. The van der Waals surface area contributed by atoms with Crippen molar-refractivity contribution in [2.75, 3.05) is 5.73 Å². The molecule has 0 heterocycles. The fraction of sp³-hybridized carbons (Fsp3) is 0.500. The van der Waals surface area contributed by atoms with Crippen LogP contribution in [0.5, 0.6) is 0 Å². The maximum absolute atomic E-state index is 5.93. The van der Waals surface area contributed by atoms with Crippen molar-refractivity contribution >= 4 is 5.69 Å². The third-order valence-corrected chi connectivity index (χ3v) is 2.57. The second-order valence-corrected chi connectivity index (χ2v) is 3.52. The van der Waals surface area contributed by atoms with Crippen LogP contribution in [-0.2, 0) is 0 Å². The van der Waals surface area contributed by atoms with Gasteiger partial charge in [0, 0.05) is 5.69 Å². The highest BCUT2D eigenvalue weighted by molar-refractivity contribution is 5.48. The highest BCUT2D eigenvalue weighted by Crippen LogP contribution is 2.28. The Bertz CT molecular complexity index is 255. The monoisotopic (exact) mass is 177 g/mol. The minimum Gasteiger partial charge on any atom is -0.398 e. The van der Waals surface area contributed by atoms with Gasteiger partial charge in [0.1, 0.15) is 0 Å². The fourth-order valence-corrected chi connectivity index (χ4v) is 1.81. The lowest BCUT2D eigenvalue weighted by molar-refractivity contribution is 0.597. The number of anilines is 1. The van der Waals surface area contributed by atoms with Gasteiger partial charge in [-0.2, -0.15) is 0 Å². The lowest BCUT2D eigenvalue weighted by atomic mass is 9.91. The molecule has 0 fully saturated rings. The van der Waals surface area contributed by atoms with Crippen LogP contribution in [0.2, 0.25) is 0 Å². The van der Waals surface area contributed by atoms with E-state index in [-0.39, 0.29) is 0 Å². The van der Waals surface area contributed by atoms with Gasteiger partial charge in [-0.15, -0.1) is 0 Å². The van der Waals surface area contributed by atoms with Gasteiger partial charge in [-0.1, -0.05) is 38.5 Å². The van der Waals surface area contributed by atoms with Crippen LogP contribution in [0.3, 0.4) is 0 Å². The predicted octanol–water partition coefficient (Wildman–Crippen LogP) is 3.56. The van der Waals surface area contributed by atoms with E-state index >= 15 is 0 Å². The summed E-state index contributed by atoms with van der Waals surface area (Å²) in [7, 11) is 0. The fourth-order valence-electron chi connectivity index (χ4n) is 1.81. The van der Waals surface area contributed by atoms with Gasteiger partial charge in [0.2, 0.25) is 0 Å². The first-order valence-corrected chi connectivity index (χ1v) is 5.14. The lowest BCUT2D eigenvalue weighted by Gasteiger charge is -2.16. The number of nitrogens with two attached hydrogens (primary N) is 1. The summed E-state index contributed by atoms with van der Waals surface area (Å²) in [4.78, 5) is 0. The maximum atomic E-state index is 5.93. The van der Waals surface area contributed by atoms with Gasteiger partial charge in [0.15, 0.2) is 0 Å². The van der Waals surface area contributed by atoms with Crippen molar-refractivity contribution in [1.82, 2.24) is 0 Å². The second-order valence-electron chi connectivity index (χ2n) is 3.52. The van der Waals surface area contributed by atoms with E-state index in [9.17, 15) is 0 Å². The molecule has 0 radical (unpaired) electrons. The van der Waals surface area contributed by atoms with Gasteiger partial charge in [0.05, 0.1) is 0 Å². The SMILES string of the molecule is CCCC(CC)c1ccccc1N. The molecule has 1 atom stereocenters. The van der Waals surface area contributed by atoms with E-state index in [1.54, 1.807) is 0 Å². The van der Waals surface area contributed by atoms with Crippen molar-refractivity contribution in [3.8, 4) is 0 Å². The quantitative estimate of drug-likeness (QED) is 0.699. The molecule has 1 aromatic carbocycles. The van der Waals surface area contributed by atoms with Crippen LogP contribution in [0.25, 0.3) is 0 Å². The zero-order chi connectivity index (χ0) is 9.68. The summed E-state index contributed by atoms with van der Waals surface area (Å²) >= 11 is 0. The van der Waals surface area contributed by atoms with Crippen LogP contribution < -0.4 is 5.73 Å². The molecule has 0 bridgehead atoms. The van der Waals surface area contributed by atoms with E-state index in [0.29, 0.717) is 5.92 Å². The first-order chi connectivity index (χ1) is 6.29. The van der Waals surface area contributed by atoms with Crippen LogP contribution in [-0.4, -0.2) is 0 Å². The summed E-state index contributed by atoms with van der Waals surface area (Å²) in [5.74, 6) is 0.645. The Morgan fingerprint density at radius 2 is 1.92 bits per heavy atom.